The Labute approximate surface area is 122 Å². The van der Waals surface area contributed by atoms with Crippen LogP contribution in [0.15, 0.2) is 16.5 Å². The van der Waals surface area contributed by atoms with E-state index in [0.717, 1.165) is 50.8 Å². The molecule has 0 radical (unpaired) electrons. The fourth-order valence-corrected chi connectivity index (χ4v) is 2.43. The number of hydrogen-bond acceptors (Lipinski definition) is 4. The first-order valence-electron chi connectivity index (χ1n) is 7.62. The SMILES string of the molecule is CCC1COCCN1Cc1ccc(CNC(C)(C)C)o1. The van der Waals surface area contributed by atoms with E-state index in [-0.39, 0.29) is 5.54 Å². The molecule has 1 aromatic heterocycles. The molecule has 0 spiro atoms. The molecule has 0 bridgehead atoms. The van der Waals surface area contributed by atoms with Crippen LogP contribution in [0.3, 0.4) is 0 Å². The van der Waals surface area contributed by atoms with Crippen LogP contribution in [0, 0.1) is 0 Å². The molecular weight excluding hydrogens is 252 g/mol. The smallest absolute Gasteiger partial charge is 0.118 e. The van der Waals surface area contributed by atoms with E-state index in [1.54, 1.807) is 0 Å². The molecule has 0 aromatic carbocycles. The molecule has 1 aliphatic rings. The first-order chi connectivity index (χ1) is 9.48. The van der Waals surface area contributed by atoms with E-state index in [1.807, 2.05) is 0 Å². The summed E-state index contributed by atoms with van der Waals surface area (Å²) in [5, 5.41) is 3.45. The maximum Gasteiger partial charge on any atom is 0.118 e. The average Bonchev–Trinajstić information content (AvgIpc) is 2.84. The summed E-state index contributed by atoms with van der Waals surface area (Å²) >= 11 is 0. The van der Waals surface area contributed by atoms with Gasteiger partial charge in [-0.25, -0.2) is 0 Å². The van der Waals surface area contributed by atoms with E-state index >= 15 is 0 Å². The zero-order chi connectivity index (χ0) is 14.6. The average molecular weight is 280 g/mol. The number of nitrogens with zero attached hydrogens (tertiary/aromatic N) is 1. The Kier molecular flexibility index (Phi) is 5.24. The molecule has 1 unspecified atom stereocenters. The van der Waals surface area contributed by atoms with Gasteiger partial charge in [0.2, 0.25) is 0 Å². The zero-order valence-corrected chi connectivity index (χ0v) is 13.2. The maximum absolute atomic E-state index is 5.93. The third-order valence-electron chi connectivity index (χ3n) is 3.69. The van der Waals surface area contributed by atoms with Crippen molar-refractivity contribution in [3.05, 3.63) is 23.7 Å². The fourth-order valence-electron chi connectivity index (χ4n) is 2.43. The lowest BCUT2D eigenvalue weighted by Gasteiger charge is -2.34. The van der Waals surface area contributed by atoms with Crippen molar-refractivity contribution in [2.45, 2.75) is 58.8 Å². The predicted molar refractivity (Wildman–Crippen MR) is 80.6 cm³/mol. The Hall–Kier alpha value is -0.840. The van der Waals surface area contributed by atoms with E-state index in [2.05, 4.69) is 50.0 Å². The lowest BCUT2D eigenvalue weighted by atomic mass is 10.1. The number of morpholine rings is 1. The molecule has 1 aliphatic heterocycles. The summed E-state index contributed by atoms with van der Waals surface area (Å²) in [5.74, 6) is 2.06. The molecule has 1 N–H and O–H groups in total. The van der Waals surface area contributed by atoms with Crippen LogP contribution in [-0.2, 0) is 17.8 Å². The van der Waals surface area contributed by atoms with E-state index in [0.29, 0.717) is 6.04 Å². The highest BCUT2D eigenvalue weighted by Gasteiger charge is 2.22. The van der Waals surface area contributed by atoms with Crippen molar-refractivity contribution < 1.29 is 9.15 Å². The van der Waals surface area contributed by atoms with Crippen LogP contribution in [0.25, 0.3) is 0 Å². The summed E-state index contributed by atoms with van der Waals surface area (Å²) in [7, 11) is 0. The molecule has 4 heteroatoms. The summed E-state index contributed by atoms with van der Waals surface area (Å²) in [6, 6.07) is 4.70. The summed E-state index contributed by atoms with van der Waals surface area (Å²) in [6.45, 7) is 13.0. The molecule has 2 rings (SSSR count). The van der Waals surface area contributed by atoms with Crippen LogP contribution in [0.4, 0.5) is 0 Å². The lowest BCUT2D eigenvalue weighted by Crippen LogP contribution is -2.44. The second-order valence-electron chi connectivity index (χ2n) is 6.58. The monoisotopic (exact) mass is 280 g/mol. The van der Waals surface area contributed by atoms with Crippen molar-refractivity contribution in [2.75, 3.05) is 19.8 Å². The Morgan fingerprint density at radius 1 is 1.30 bits per heavy atom. The van der Waals surface area contributed by atoms with Crippen molar-refractivity contribution in [3.8, 4) is 0 Å². The molecule has 20 heavy (non-hydrogen) atoms. The minimum Gasteiger partial charge on any atom is -0.463 e. The molecule has 0 saturated carbocycles. The molecule has 4 nitrogen and oxygen atoms in total. The zero-order valence-electron chi connectivity index (χ0n) is 13.2. The van der Waals surface area contributed by atoms with Gasteiger partial charge >= 0.3 is 0 Å². The van der Waals surface area contributed by atoms with Gasteiger partial charge in [-0.1, -0.05) is 6.92 Å². The molecule has 114 valence electrons. The Morgan fingerprint density at radius 2 is 2.05 bits per heavy atom. The predicted octanol–water partition coefficient (Wildman–Crippen LogP) is 2.78. The van der Waals surface area contributed by atoms with Crippen LogP contribution in [0.5, 0.6) is 0 Å². The van der Waals surface area contributed by atoms with Gasteiger partial charge in [-0.2, -0.15) is 0 Å². The first-order valence-corrected chi connectivity index (χ1v) is 7.62. The molecule has 1 saturated heterocycles. The molecule has 1 aromatic rings. The van der Waals surface area contributed by atoms with Gasteiger partial charge in [0.15, 0.2) is 0 Å². The molecule has 0 aliphatic carbocycles. The van der Waals surface area contributed by atoms with Gasteiger partial charge in [-0.05, 0) is 39.3 Å². The largest absolute Gasteiger partial charge is 0.463 e. The molecule has 1 atom stereocenters. The summed E-state index contributed by atoms with van der Waals surface area (Å²) in [6.07, 6.45) is 1.12. The number of ether oxygens (including phenoxy) is 1. The van der Waals surface area contributed by atoms with Crippen molar-refractivity contribution in [2.24, 2.45) is 0 Å². The first kappa shape index (κ1) is 15.5. The summed E-state index contributed by atoms with van der Waals surface area (Å²) < 4.78 is 11.5. The standard InChI is InChI=1S/C16H28N2O2/c1-5-13-12-19-9-8-18(13)11-15-7-6-14(20-15)10-17-16(2,3)4/h6-7,13,17H,5,8-12H2,1-4H3. The van der Waals surface area contributed by atoms with Crippen LogP contribution >= 0.6 is 0 Å². The van der Waals surface area contributed by atoms with Crippen LogP contribution in [0.2, 0.25) is 0 Å². The van der Waals surface area contributed by atoms with Crippen molar-refractivity contribution in [1.29, 1.82) is 0 Å². The van der Waals surface area contributed by atoms with E-state index in [4.69, 9.17) is 9.15 Å². The van der Waals surface area contributed by atoms with Crippen molar-refractivity contribution in [1.82, 2.24) is 10.2 Å². The highest BCUT2D eigenvalue weighted by atomic mass is 16.5. The van der Waals surface area contributed by atoms with Crippen LogP contribution in [-0.4, -0.2) is 36.2 Å². The Balaban J connectivity index is 1.88. The quantitative estimate of drug-likeness (QED) is 0.900. The lowest BCUT2D eigenvalue weighted by molar-refractivity contribution is -0.0155. The minimum atomic E-state index is 0.116. The number of hydrogen-bond donors (Lipinski definition) is 1. The van der Waals surface area contributed by atoms with Gasteiger partial charge in [0.05, 0.1) is 26.3 Å². The minimum absolute atomic E-state index is 0.116. The van der Waals surface area contributed by atoms with Crippen molar-refractivity contribution in [3.63, 3.8) is 0 Å². The molecular formula is C16H28N2O2. The number of nitrogens with one attached hydrogen (secondary N) is 1. The van der Waals surface area contributed by atoms with Gasteiger partial charge in [0, 0.05) is 18.1 Å². The molecule has 2 heterocycles. The maximum atomic E-state index is 5.93. The summed E-state index contributed by atoms with van der Waals surface area (Å²) in [4.78, 5) is 2.46. The third kappa shape index (κ3) is 4.62. The topological polar surface area (TPSA) is 37.6 Å². The van der Waals surface area contributed by atoms with E-state index in [1.165, 1.54) is 0 Å². The van der Waals surface area contributed by atoms with E-state index < -0.39 is 0 Å². The Morgan fingerprint density at radius 3 is 2.75 bits per heavy atom. The van der Waals surface area contributed by atoms with Crippen LogP contribution in [0.1, 0.15) is 45.6 Å². The molecule has 0 amide bonds. The van der Waals surface area contributed by atoms with Gasteiger partial charge in [-0.3, -0.25) is 4.90 Å². The third-order valence-corrected chi connectivity index (χ3v) is 3.69. The van der Waals surface area contributed by atoms with Gasteiger partial charge in [0.1, 0.15) is 11.5 Å². The second kappa shape index (κ2) is 6.74. The highest BCUT2D eigenvalue weighted by Crippen LogP contribution is 2.17. The van der Waals surface area contributed by atoms with Crippen molar-refractivity contribution >= 4 is 0 Å². The van der Waals surface area contributed by atoms with Gasteiger partial charge in [-0.15, -0.1) is 0 Å². The van der Waals surface area contributed by atoms with E-state index in [9.17, 15) is 0 Å². The number of furan rings is 1. The van der Waals surface area contributed by atoms with Crippen LogP contribution < -0.4 is 5.32 Å². The second-order valence-corrected chi connectivity index (χ2v) is 6.58. The molecule has 1 fully saturated rings. The highest BCUT2D eigenvalue weighted by molar-refractivity contribution is 5.07. The number of rotatable bonds is 5. The normalized spacial score (nSPS) is 21.3. The fraction of sp³-hybridized carbons (Fsp3) is 0.750. The summed E-state index contributed by atoms with van der Waals surface area (Å²) in [5.41, 5.74) is 0.116. The van der Waals surface area contributed by atoms with Gasteiger partial charge < -0.3 is 14.5 Å². The van der Waals surface area contributed by atoms with Gasteiger partial charge in [0.25, 0.3) is 0 Å². The Bertz CT molecular complexity index is 409.